The summed E-state index contributed by atoms with van der Waals surface area (Å²) in [6, 6.07) is 4.12. The lowest BCUT2D eigenvalue weighted by Crippen LogP contribution is -2.37. The Bertz CT molecular complexity index is 846. The second-order valence-corrected chi connectivity index (χ2v) is 4.52. The third-order valence-corrected chi connectivity index (χ3v) is 3.11. The summed E-state index contributed by atoms with van der Waals surface area (Å²) in [6.45, 7) is 0. The lowest BCUT2D eigenvalue weighted by Gasteiger charge is -2.07. The van der Waals surface area contributed by atoms with E-state index in [1.807, 2.05) is 0 Å². The summed E-state index contributed by atoms with van der Waals surface area (Å²) in [4.78, 5) is 23.6. The molecule has 0 spiro atoms. The fourth-order valence-corrected chi connectivity index (χ4v) is 1.83. The van der Waals surface area contributed by atoms with Crippen LogP contribution in [0, 0.1) is 0 Å². The Morgan fingerprint density at radius 2 is 1.62 bits per heavy atom. The average Bonchev–Trinajstić information content (AvgIpc) is 2.46. The fraction of sp³-hybridized carbons (Fsp3) is 0.143. The number of rotatable bonds is 2. The molecule has 0 aliphatic carbocycles. The van der Waals surface area contributed by atoms with E-state index in [1.54, 1.807) is 0 Å². The van der Waals surface area contributed by atoms with Crippen LogP contribution < -0.4 is 11.2 Å². The van der Waals surface area contributed by atoms with Crippen LogP contribution in [-0.2, 0) is 14.1 Å². The second kappa shape index (κ2) is 5.20. The van der Waals surface area contributed by atoms with E-state index in [1.165, 1.54) is 44.4 Å². The number of nitrogens with zero attached hydrogens (tertiary/aromatic N) is 2. The molecule has 1 heterocycles. The van der Waals surface area contributed by atoms with Gasteiger partial charge in [0.25, 0.3) is 5.56 Å². The topological polar surface area (TPSA) is 105 Å². The standard InChI is InChI=1S/C14H14N2O5/c1-15-12(19)9(13(20)16(2)14(15)21)5-3-8-4-6-10(17)11(18)7-8/h3-7,17-19H,1-2H3/b5-3+. The molecule has 1 aromatic heterocycles. The Morgan fingerprint density at radius 1 is 0.952 bits per heavy atom. The van der Waals surface area contributed by atoms with Gasteiger partial charge in [-0.05, 0) is 23.8 Å². The molecule has 0 bridgehead atoms. The number of phenolic OH excluding ortho intramolecular Hbond substituents is 2. The molecule has 7 nitrogen and oxygen atoms in total. The molecule has 2 rings (SSSR count). The third-order valence-electron chi connectivity index (χ3n) is 3.11. The fourth-order valence-electron chi connectivity index (χ4n) is 1.83. The van der Waals surface area contributed by atoms with E-state index in [0.717, 1.165) is 9.13 Å². The molecule has 7 heteroatoms. The quantitative estimate of drug-likeness (QED) is 0.693. The molecule has 2 aromatic rings. The summed E-state index contributed by atoms with van der Waals surface area (Å²) < 4.78 is 1.84. The lowest BCUT2D eigenvalue weighted by atomic mass is 10.1. The van der Waals surface area contributed by atoms with E-state index in [4.69, 9.17) is 0 Å². The van der Waals surface area contributed by atoms with E-state index in [0.29, 0.717) is 5.56 Å². The first-order valence-corrected chi connectivity index (χ1v) is 6.02. The highest BCUT2D eigenvalue weighted by Crippen LogP contribution is 2.25. The molecule has 0 aliphatic rings. The summed E-state index contributed by atoms with van der Waals surface area (Å²) in [5.74, 6) is -0.995. The van der Waals surface area contributed by atoms with Crippen LogP contribution in [0.3, 0.4) is 0 Å². The maximum absolute atomic E-state index is 12.0. The van der Waals surface area contributed by atoms with Gasteiger partial charge in [-0.3, -0.25) is 13.9 Å². The van der Waals surface area contributed by atoms with Crippen LogP contribution in [0.4, 0.5) is 0 Å². The molecule has 0 fully saturated rings. The van der Waals surface area contributed by atoms with Crippen molar-refractivity contribution in [3.05, 3.63) is 50.2 Å². The van der Waals surface area contributed by atoms with Crippen LogP contribution in [0.15, 0.2) is 27.8 Å². The van der Waals surface area contributed by atoms with Gasteiger partial charge in [-0.15, -0.1) is 0 Å². The zero-order valence-corrected chi connectivity index (χ0v) is 11.4. The molecule has 110 valence electrons. The molecule has 0 amide bonds. The summed E-state index contributed by atoms with van der Waals surface area (Å²) in [6.07, 6.45) is 2.81. The van der Waals surface area contributed by atoms with Gasteiger partial charge >= 0.3 is 5.69 Å². The van der Waals surface area contributed by atoms with Gasteiger partial charge in [0.2, 0.25) is 5.88 Å². The Labute approximate surface area is 119 Å². The van der Waals surface area contributed by atoms with Crippen LogP contribution in [0.2, 0.25) is 0 Å². The van der Waals surface area contributed by atoms with Crippen molar-refractivity contribution < 1.29 is 15.3 Å². The van der Waals surface area contributed by atoms with Crippen molar-refractivity contribution in [1.82, 2.24) is 9.13 Å². The molecule has 0 saturated heterocycles. The third kappa shape index (κ3) is 2.53. The van der Waals surface area contributed by atoms with Crippen molar-refractivity contribution >= 4 is 12.2 Å². The molecular weight excluding hydrogens is 276 g/mol. The van der Waals surface area contributed by atoms with E-state index in [9.17, 15) is 24.9 Å². The van der Waals surface area contributed by atoms with Crippen molar-refractivity contribution in [3.63, 3.8) is 0 Å². The van der Waals surface area contributed by atoms with Gasteiger partial charge in [-0.2, -0.15) is 0 Å². The first kappa shape index (κ1) is 14.4. The van der Waals surface area contributed by atoms with Crippen LogP contribution in [0.25, 0.3) is 12.2 Å². The van der Waals surface area contributed by atoms with Gasteiger partial charge < -0.3 is 15.3 Å². The highest BCUT2D eigenvalue weighted by molar-refractivity contribution is 5.72. The summed E-state index contributed by atoms with van der Waals surface area (Å²) in [5.41, 5.74) is -0.792. The van der Waals surface area contributed by atoms with E-state index >= 15 is 0 Å². The molecule has 0 radical (unpaired) electrons. The first-order chi connectivity index (χ1) is 9.82. The zero-order valence-electron chi connectivity index (χ0n) is 11.4. The van der Waals surface area contributed by atoms with Gasteiger partial charge in [-0.1, -0.05) is 12.1 Å². The predicted molar refractivity (Wildman–Crippen MR) is 77.3 cm³/mol. The highest BCUT2D eigenvalue weighted by atomic mass is 16.3. The van der Waals surface area contributed by atoms with Crippen molar-refractivity contribution in [3.8, 4) is 17.4 Å². The van der Waals surface area contributed by atoms with Crippen molar-refractivity contribution in [2.24, 2.45) is 14.1 Å². The lowest BCUT2D eigenvalue weighted by molar-refractivity contribution is 0.403. The monoisotopic (exact) mass is 290 g/mol. The minimum atomic E-state index is -0.630. The van der Waals surface area contributed by atoms with Crippen molar-refractivity contribution in [1.29, 1.82) is 0 Å². The Morgan fingerprint density at radius 3 is 2.24 bits per heavy atom. The highest BCUT2D eigenvalue weighted by Gasteiger charge is 2.12. The van der Waals surface area contributed by atoms with Crippen LogP contribution in [-0.4, -0.2) is 24.5 Å². The largest absolute Gasteiger partial charge is 0.504 e. The summed E-state index contributed by atoms with van der Waals surface area (Å²) in [5, 5.41) is 28.5. The zero-order chi connectivity index (χ0) is 15.7. The van der Waals surface area contributed by atoms with E-state index in [-0.39, 0.29) is 17.1 Å². The maximum atomic E-state index is 12.0. The molecule has 0 atom stereocenters. The average molecular weight is 290 g/mol. The minimum Gasteiger partial charge on any atom is -0.504 e. The number of hydrogen-bond acceptors (Lipinski definition) is 5. The number of phenols is 2. The molecule has 3 N–H and O–H groups in total. The second-order valence-electron chi connectivity index (χ2n) is 4.52. The van der Waals surface area contributed by atoms with E-state index in [2.05, 4.69) is 0 Å². The number of hydrogen-bond donors (Lipinski definition) is 3. The van der Waals surface area contributed by atoms with Gasteiger partial charge in [0.15, 0.2) is 11.5 Å². The normalized spacial score (nSPS) is 11.1. The first-order valence-electron chi connectivity index (χ1n) is 6.02. The maximum Gasteiger partial charge on any atom is 0.333 e. The van der Waals surface area contributed by atoms with Crippen LogP contribution >= 0.6 is 0 Å². The van der Waals surface area contributed by atoms with Gasteiger partial charge in [-0.25, -0.2) is 4.79 Å². The van der Waals surface area contributed by atoms with E-state index < -0.39 is 17.1 Å². The van der Waals surface area contributed by atoms with Crippen LogP contribution in [0.5, 0.6) is 17.4 Å². The SMILES string of the molecule is Cn1c(O)c(/C=C/c2ccc(O)c(O)c2)c(=O)n(C)c1=O. The Kier molecular flexibility index (Phi) is 3.58. The van der Waals surface area contributed by atoms with Crippen LogP contribution in [0.1, 0.15) is 11.1 Å². The molecule has 1 aromatic carbocycles. The summed E-state index contributed by atoms with van der Waals surface area (Å²) in [7, 11) is 2.66. The Balaban J connectivity index is 2.54. The predicted octanol–water partition coefficient (Wildman–Crippen LogP) is 0.371. The summed E-state index contributed by atoms with van der Waals surface area (Å²) >= 11 is 0. The molecular formula is C14H14N2O5. The number of benzene rings is 1. The molecule has 0 saturated carbocycles. The molecule has 0 unspecified atom stereocenters. The minimum absolute atomic E-state index is 0.0489. The van der Waals surface area contributed by atoms with Gasteiger partial charge in [0.05, 0.1) is 0 Å². The number of aromatic hydroxyl groups is 3. The van der Waals surface area contributed by atoms with Crippen molar-refractivity contribution in [2.75, 3.05) is 0 Å². The van der Waals surface area contributed by atoms with Gasteiger partial charge in [0.1, 0.15) is 5.56 Å². The smallest absolute Gasteiger partial charge is 0.333 e. The Hall–Kier alpha value is -2.96. The van der Waals surface area contributed by atoms with Crippen molar-refractivity contribution in [2.45, 2.75) is 0 Å². The van der Waals surface area contributed by atoms with Gasteiger partial charge in [0, 0.05) is 14.1 Å². The molecule has 21 heavy (non-hydrogen) atoms. The molecule has 0 aliphatic heterocycles. The number of aromatic nitrogens is 2.